The van der Waals surface area contributed by atoms with Crippen molar-refractivity contribution in [2.24, 2.45) is 5.41 Å². The molecule has 0 bridgehead atoms. The summed E-state index contributed by atoms with van der Waals surface area (Å²) in [5.74, 6) is -0.499. The van der Waals surface area contributed by atoms with E-state index in [9.17, 15) is 9.59 Å². The van der Waals surface area contributed by atoms with Crippen molar-refractivity contribution in [3.8, 4) is 0 Å². The molecule has 9 heteroatoms. The number of hydrogen-bond donors (Lipinski definition) is 2. The van der Waals surface area contributed by atoms with Crippen molar-refractivity contribution in [1.82, 2.24) is 15.6 Å². The lowest BCUT2D eigenvalue weighted by atomic mass is 9.75. The van der Waals surface area contributed by atoms with Gasteiger partial charge in [0.2, 0.25) is 0 Å². The van der Waals surface area contributed by atoms with Crippen LogP contribution in [-0.2, 0) is 26.4 Å². The lowest BCUT2D eigenvalue weighted by Crippen LogP contribution is -2.58. The summed E-state index contributed by atoms with van der Waals surface area (Å²) >= 11 is 8.96. The Morgan fingerprint density at radius 2 is 1.78 bits per heavy atom. The molecule has 0 saturated carbocycles. The quantitative estimate of drug-likeness (QED) is 0.245. The third-order valence-electron chi connectivity index (χ3n) is 5.38. The van der Waals surface area contributed by atoms with E-state index in [1.807, 2.05) is 75.4 Å². The Bertz CT molecular complexity index is 1280. The summed E-state index contributed by atoms with van der Waals surface area (Å²) in [6.45, 7) is 9.74. The minimum Gasteiger partial charge on any atom is -0.461 e. The molecule has 2 N–H and O–H groups in total. The van der Waals surface area contributed by atoms with Crippen molar-refractivity contribution >= 4 is 56.2 Å². The zero-order valence-corrected chi connectivity index (χ0v) is 24.0. The van der Waals surface area contributed by atoms with Crippen molar-refractivity contribution in [2.75, 3.05) is 0 Å². The molecule has 37 heavy (non-hydrogen) atoms. The first-order chi connectivity index (χ1) is 17.4. The Balaban J connectivity index is 1.96. The van der Waals surface area contributed by atoms with Crippen molar-refractivity contribution < 1.29 is 19.1 Å². The van der Waals surface area contributed by atoms with E-state index in [0.717, 1.165) is 20.9 Å². The van der Waals surface area contributed by atoms with Crippen LogP contribution in [0, 0.1) is 5.41 Å². The molecule has 0 saturated heterocycles. The summed E-state index contributed by atoms with van der Waals surface area (Å²) in [7, 11) is 0. The zero-order valence-electron chi connectivity index (χ0n) is 21.6. The first-order valence-corrected chi connectivity index (χ1v) is 13.1. The van der Waals surface area contributed by atoms with E-state index in [2.05, 4.69) is 31.5 Å². The van der Waals surface area contributed by atoms with Crippen LogP contribution in [0.2, 0.25) is 0 Å². The highest BCUT2D eigenvalue weighted by molar-refractivity contribution is 9.10. The highest BCUT2D eigenvalue weighted by atomic mass is 79.9. The molecule has 0 fully saturated rings. The van der Waals surface area contributed by atoms with Gasteiger partial charge >= 0.3 is 12.1 Å². The van der Waals surface area contributed by atoms with E-state index < -0.39 is 17.6 Å². The number of nitrogens with zero attached hydrogens (tertiary/aromatic N) is 1. The summed E-state index contributed by atoms with van der Waals surface area (Å²) in [6, 6.07) is 16.8. The number of hydrogen-bond acceptors (Lipinski definition) is 6. The first kappa shape index (κ1) is 28.5. The molecule has 0 aliphatic carbocycles. The Hall–Kier alpha value is -3.04. The van der Waals surface area contributed by atoms with Gasteiger partial charge in [0, 0.05) is 16.1 Å². The fourth-order valence-corrected chi connectivity index (χ4v) is 4.62. The van der Waals surface area contributed by atoms with E-state index in [-0.39, 0.29) is 23.2 Å². The minimum absolute atomic E-state index is 0.0459. The molecule has 1 heterocycles. The fraction of sp³-hybridized carbons (Fsp3) is 0.357. The molecule has 0 radical (unpaired) electrons. The molecule has 0 aliphatic heterocycles. The summed E-state index contributed by atoms with van der Waals surface area (Å²) in [4.78, 5) is 30.7. The molecule has 3 aromatic rings. The van der Waals surface area contributed by atoms with E-state index >= 15 is 0 Å². The van der Waals surface area contributed by atoms with Crippen molar-refractivity contribution in [3.63, 3.8) is 0 Å². The van der Waals surface area contributed by atoms with Crippen LogP contribution < -0.4 is 10.6 Å². The van der Waals surface area contributed by atoms with Crippen LogP contribution in [0.3, 0.4) is 0 Å². The number of aromatic nitrogens is 1. The lowest BCUT2D eigenvalue weighted by molar-refractivity contribution is -0.157. The Morgan fingerprint density at radius 1 is 1.08 bits per heavy atom. The molecule has 0 unspecified atom stereocenters. The van der Waals surface area contributed by atoms with Gasteiger partial charge in [0.05, 0.1) is 11.6 Å². The second-order valence-electron chi connectivity index (χ2n) is 10.3. The average molecular weight is 587 g/mol. The lowest BCUT2D eigenvalue weighted by Gasteiger charge is -2.39. The minimum atomic E-state index is -1.39. The van der Waals surface area contributed by atoms with E-state index in [1.54, 1.807) is 20.0 Å². The number of amides is 1. The largest absolute Gasteiger partial charge is 0.461 e. The summed E-state index contributed by atoms with van der Waals surface area (Å²) < 4.78 is 11.9. The molecular formula is C28H32BrN3O4S. The molecule has 196 valence electrons. The molecule has 3 rings (SSSR count). The molecule has 1 aromatic heterocycles. The van der Waals surface area contributed by atoms with Crippen molar-refractivity contribution in [3.05, 3.63) is 76.4 Å². The maximum Gasteiger partial charge on any atom is 0.413 e. The normalized spacial score (nSPS) is 13.1. The number of benzene rings is 2. The summed E-state index contributed by atoms with van der Waals surface area (Å²) in [5, 5.41) is 6.47. The number of alkyl carbamates (subject to hydrolysis) is 1. The number of carbonyl (C=O) groups excluding carboxylic acids is 2. The number of halogens is 1. The van der Waals surface area contributed by atoms with Gasteiger partial charge in [-0.3, -0.25) is 10.3 Å². The third kappa shape index (κ3) is 7.97. The summed E-state index contributed by atoms with van der Waals surface area (Å²) in [6.07, 6.45) is 0.965. The maximum absolute atomic E-state index is 13.8. The number of esters is 1. The number of carbonyl (C=O) groups is 2. The summed E-state index contributed by atoms with van der Waals surface area (Å²) in [5.41, 5.74) is 0.552. The van der Waals surface area contributed by atoms with Gasteiger partial charge < -0.3 is 14.8 Å². The SMILES string of the molecule is CC(C)OC(=O)[C@](CC(C)(C)C)(NC(=S)NC(=O)OCc1ccccc1)c1ccc2ncc(Br)cc2c1. The molecule has 2 aromatic carbocycles. The maximum atomic E-state index is 13.8. The molecule has 0 spiro atoms. The van der Waals surface area contributed by atoms with Gasteiger partial charge in [-0.05, 0) is 83.2 Å². The Kier molecular flexibility index (Phi) is 9.26. The Labute approximate surface area is 231 Å². The van der Waals surface area contributed by atoms with Crippen LogP contribution in [-0.4, -0.2) is 28.3 Å². The molecule has 0 aliphatic rings. The van der Waals surface area contributed by atoms with E-state index in [4.69, 9.17) is 21.7 Å². The van der Waals surface area contributed by atoms with Crippen molar-refractivity contribution in [1.29, 1.82) is 0 Å². The Morgan fingerprint density at radius 3 is 2.43 bits per heavy atom. The highest BCUT2D eigenvalue weighted by Gasteiger charge is 2.46. The van der Waals surface area contributed by atoms with Crippen LogP contribution in [0.15, 0.2) is 65.3 Å². The van der Waals surface area contributed by atoms with Crippen LogP contribution in [0.4, 0.5) is 4.79 Å². The van der Waals surface area contributed by atoms with E-state index in [1.165, 1.54) is 0 Å². The van der Waals surface area contributed by atoms with Crippen molar-refractivity contribution in [2.45, 2.75) is 59.3 Å². The predicted molar refractivity (Wildman–Crippen MR) is 152 cm³/mol. The molecule has 7 nitrogen and oxygen atoms in total. The molecule has 1 atom stereocenters. The van der Waals surface area contributed by atoms with Gasteiger partial charge in [0.1, 0.15) is 6.61 Å². The standard InChI is InChI=1S/C28H32BrN3O4S/c1-18(2)36-24(33)28(17-27(3,4)5,21-11-12-23-20(13-21)14-22(29)15-30-23)32-25(37)31-26(34)35-16-19-9-7-6-8-10-19/h6-15,18H,16-17H2,1-5H3,(H2,31,32,34,37)/t28-/m1/s1. The van der Waals surface area contributed by atoms with Gasteiger partial charge in [-0.25, -0.2) is 9.59 Å². The van der Waals surface area contributed by atoms with Gasteiger partial charge in [-0.2, -0.15) is 0 Å². The molecule has 1 amide bonds. The first-order valence-electron chi connectivity index (χ1n) is 11.9. The number of ether oxygens (including phenoxy) is 2. The van der Waals surface area contributed by atoms with Gasteiger partial charge in [0.25, 0.3) is 0 Å². The number of pyridine rings is 1. The van der Waals surface area contributed by atoms with Gasteiger partial charge in [0.15, 0.2) is 10.7 Å². The van der Waals surface area contributed by atoms with Gasteiger partial charge in [-0.15, -0.1) is 0 Å². The third-order valence-corrected chi connectivity index (χ3v) is 6.02. The van der Waals surface area contributed by atoms with Crippen LogP contribution in [0.25, 0.3) is 10.9 Å². The second kappa shape index (κ2) is 12.0. The number of thiocarbonyl (C=S) groups is 1. The van der Waals surface area contributed by atoms with E-state index in [0.29, 0.717) is 12.0 Å². The number of nitrogens with one attached hydrogen (secondary N) is 2. The average Bonchev–Trinajstić information content (AvgIpc) is 2.81. The zero-order chi connectivity index (χ0) is 27.2. The predicted octanol–water partition coefficient (Wildman–Crippen LogP) is 6.38. The van der Waals surface area contributed by atoms with Gasteiger partial charge in [-0.1, -0.05) is 57.2 Å². The van der Waals surface area contributed by atoms with Crippen LogP contribution in [0.5, 0.6) is 0 Å². The van der Waals surface area contributed by atoms with Crippen LogP contribution >= 0.6 is 28.1 Å². The highest BCUT2D eigenvalue weighted by Crippen LogP contribution is 2.38. The van der Waals surface area contributed by atoms with Crippen LogP contribution in [0.1, 0.15) is 52.2 Å². The smallest absolute Gasteiger partial charge is 0.413 e. The molecular weight excluding hydrogens is 554 g/mol. The second-order valence-corrected chi connectivity index (χ2v) is 11.6. The monoisotopic (exact) mass is 585 g/mol. The topological polar surface area (TPSA) is 89.6 Å². The number of rotatable bonds is 7. The number of fused-ring (bicyclic) bond motifs is 1. The fourth-order valence-electron chi connectivity index (χ4n) is 4.02.